The summed E-state index contributed by atoms with van der Waals surface area (Å²) in [6.45, 7) is 8.57. The fraction of sp³-hybridized carbons (Fsp3) is 0.588. The first kappa shape index (κ1) is 15.8. The molecule has 1 aromatic carbocycles. The lowest BCUT2D eigenvalue weighted by Crippen LogP contribution is -2.34. The highest BCUT2D eigenvalue weighted by Crippen LogP contribution is 2.23. The smallest absolute Gasteiger partial charge is 0.241 e. The van der Waals surface area contributed by atoms with Crippen LogP contribution < -0.4 is 10.2 Å². The maximum absolute atomic E-state index is 12.0. The maximum Gasteiger partial charge on any atom is 0.241 e. The van der Waals surface area contributed by atoms with Crippen molar-refractivity contribution in [1.29, 1.82) is 0 Å². The topological polar surface area (TPSA) is 35.6 Å². The van der Waals surface area contributed by atoms with Crippen LogP contribution in [-0.2, 0) is 11.3 Å². The average Bonchev–Trinajstić information content (AvgIpc) is 2.62. The first-order valence-electron chi connectivity index (χ1n) is 7.91. The summed E-state index contributed by atoms with van der Waals surface area (Å²) in [4.78, 5) is 16.1. The van der Waals surface area contributed by atoms with E-state index in [4.69, 9.17) is 0 Å². The van der Waals surface area contributed by atoms with Gasteiger partial charge in [-0.25, -0.2) is 0 Å². The molecule has 0 unspecified atom stereocenters. The molecule has 0 aliphatic carbocycles. The molecule has 2 rings (SSSR count). The molecule has 1 fully saturated rings. The fourth-order valence-electron chi connectivity index (χ4n) is 2.78. The summed E-state index contributed by atoms with van der Waals surface area (Å²) in [7, 11) is 1.89. The molecule has 0 atom stereocenters. The van der Waals surface area contributed by atoms with Gasteiger partial charge in [0.1, 0.15) is 0 Å². The zero-order valence-electron chi connectivity index (χ0n) is 13.5. The van der Waals surface area contributed by atoms with E-state index >= 15 is 0 Å². The molecule has 1 heterocycles. The van der Waals surface area contributed by atoms with E-state index in [-0.39, 0.29) is 5.91 Å². The zero-order valence-corrected chi connectivity index (χ0v) is 13.5. The summed E-state index contributed by atoms with van der Waals surface area (Å²) < 4.78 is 0. The Morgan fingerprint density at radius 1 is 1.29 bits per heavy atom. The van der Waals surface area contributed by atoms with Crippen LogP contribution in [0, 0.1) is 6.92 Å². The number of aryl methyl sites for hydroxylation is 1. The normalized spacial score (nSPS) is 16.2. The van der Waals surface area contributed by atoms with E-state index in [0.717, 1.165) is 39.0 Å². The Hall–Kier alpha value is -1.55. The Kier molecular flexibility index (Phi) is 5.62. The number of likely N-dealkylation sites (N-methyl/N-ethyl adjacent to an activating group) is 1. The summed E-state index contributed by atoms with van der Waals surface area (Å²) in [6.07, 6.45) is 2.18. The van der Waals surface area contributed by atoms with Gasteiger partial charge in [-0.3, -0.25) is 4.79 Å². The van der Waals surface area contributed by atoms with E-state index in [1.165, 1.54) is 16.8 Å². The van der Waals surface area contributed by atoms with Gasteiger partial charge in [0.25, 0.3) is 0 Å². The van der Waals surface area contributed by atoms with Gasteiger partial charge in [0, 0.05) is 32.4 Å². The van der Waals surface area contributed by atoms with Gasteiger partial charge < -0.3 is 15.1 Å². The molecule has 0 spiro atoms. The molecule has 4 nitrogen and oxygen atoms in total. The number of hydrogen-bond acceptors (Lipinski definition) is 3. The molecular formula is C17H27N3O. The van der Waals surface area contributed by atoms with E-state index in [1.54, 1.807) is 0 Å². The lowest BCUT2D eigenvalue weighted by Gasteiger charge is -2.24. The van der Waals surface area contributed by atoms with Crippen molar-refractivity contribution in [2.24, 2.45) is 0 Å². The van der Waals surface area contributed by atoms with Crippen LogP contribution >= 0.6 is 0 Å². The molecule has 4 heteroatoms. The summed E-state index contributed by atoms with van der Waals surface area (Å²) >= 11 is 0. The Bertz CT molecular complexity index is 487. The van der Waals surface area contributed by atoms with Crippen LogP contribution in [0.4, 0.5) is 5.69 Å². The number of anilines is 1. The molecule has 1 aliphatic heterocycles. The summed E-state index contributed by atoms with van der Waals surface area (Å²) in [6, 6.07) is 6.57. The predicted octanol–water partition coefficient (Wildman–Crippen LogP) is 2.16. The molecule has 1 saturated heterocycles. The van der Waals surface area contributed by atoms with E-state index < -0.39 is 0 Å². The third-order valence-electron chi connectivity index (χ3n) is 4.03. The van der Waals surface area contributed by atoms with Gasteiger partial charge in [0.2, 0.25) is 5.91 Å². The molecule has 1 aromatic rings. The van der Waals surface area contributed by atoms with E-state index in [1.807, 2.05) is 11.9 Å². The number of benzene rings is 1. The number of nitrogens with zero attached hydrogens (tertiary/aromatic N) is 2. The molecule has 1 aliphatic rings. The number of amides is 1. The van der Waals surface area contributed by atoms with Crippen LogP contribution in [0.2, 0.25) is 0 Å². The quantitative estimate of drug-likeness (QED) is 0.844. The second-order valence-electron chi connectivity index (χ2n) is 5.89. The van der Waals surface area contributed by atoms with Gasteiger partial charge in [0.15, 0.2) is 0 Å². The van der Waals surface area contributed by atoms with Crippen LogP contribution in [0.1, 0.15) is 30.9 Å². The van der Waals surface area contributed by atoms with Crippen molar-refractivity contribution in [3.8, 4) is 0 Å². The Labute approximate surface area is 128 Å². The first-order chi connectivity index (χ1) is 10.1. The molecule has 116 valence electrons. The maximum atomic E-state index is 12.0. The number of carbonyl (C=O) groups is 1. The fourth-order valence-corrected chi connectivity index (χ4v) is 2.78. The first-order valence-corrected chi connectivity index (χ1v) is 7.91. The van der Waals surface area contributed by atoms with E-state index in [2.05, 4.69) is 42.3 Å². The highest BCUT2D eigenvalue weighted by Gasteiger charge is 2.20. The van der Waals surface area contributed by atoms with Crippen LogP contribution in [0.25, 0.3) is 0 Å². The molecule has 1 amide bonds. The van der Waals surface area contributed by atoms with E-state index in [0.29, 0.717) is 6.54 Å². The highest BCUT2D eigenvalue weighted by atomic mass is 16.2. The summed E-state index contributed by atoms with van der Waals surface area (Å²) in [5.74, 6) is 0.209. The minimum Gasteiger partial charge on any atom is -0.362 e. The monoisotopic (exact) mass is 289 g/mol. The molecule has 21 heavy (non-hydrogen) atoms. The highest BCUT2D eigenvalue weighted by molar-refractivity contribution is 5.82. The van der Waals surface area contributed by atoms with Crippen molar-refractivity contribution in [3.05, 3.63) is 29.3 Å². The van der Waals surface area contributed by atoms with Crippen molar-refractivity contribution in [2.75, 3.05) is 38.1 Å². The molecule has 0 saturated carbocycles. The predicted molar refractivity (Wildman–Crippen MR) is 87.6 cm³/mol. The van der Waals surface area contributed by atoms with Crippen molar-refractivity contribution in [2.45, 2.75) is 33.2 Å². The van der Waals surface area contributed by atoms with Gasteiger partial charge in [0.05, 0.1) is 6.54 Å². The standard InChI is InChI=1S/C17H27N3O/c1-4-8-18-12-15-6-7-16(14(2)11-15)20-10-5-9-19(3)17(21)13-20/h6-7,11,18H,4-5,8-10,12-13H2,1-3H3. The second-order valence-corrected chi connectivity index (χ2v) is 5.89. The van der Waals surface area contributed by atoms with Gasteiger partial charge in [-0.05, 0) is 43.5 Å². The second kappa shape index (κ2) is 7.46. The number of nitrogens with one attached hydrogen (secondary N) is 1. The van der Waals surface area contributed by atoms with Crippen LogP contribution in [-0.4, -0.2) is 44.0 Å². The largest absolute Gasteiger partial charge is 0.362 e. The molecule has 0 bridgehead atoms. The third kappa shape index (κ3) is 4.21. The van der Waals surface area contributed by atoms with Gasteiger partial charge in [-0.1, -0.05) is 19.1 Å². The van der Waals surface area contributed by atoms with E-state index in [9.17, 15) is 4.79 Å². The minimum atomic E-state index is 0.209. The lowest BCUT2D eigenvalue weighted by atomic mass is 10.1. The number of rotatable bonds is 5. The summed E-state index contributed by atoms with van der Waals surface area (Å²) in [5, 5.41) is 3.43. The lowest BCUT2D eigenvalue weighted by molar-refractivity contribution is -0.127. The van der Waals surface area contributed by atoms with Gasteiger partial charge in [-0.15, -0.1) is 0 Å². The Morgan fingerprint density at radius 2 is 2.10 bits per heavy atom. The number of carbonyl (C=O) groups excluding carboxylic acids is 1. The van der Waals surface area contributed by atoms with Gasteiger partial charge in [-0.2, -0.15) is 0 Å². The Morgan fingerprint density at radius 3 is 2.81 bits per heavy atom. The third-order valence-corrected chi connectivity index (χ3v) is 4.03. The SMILES string of the molecule is CCCNCc1ccc(N2CCCN(C)C(=O)C2)c(C)c1. The molecule has 1 N–H and O–H groups in total. The van der Waals surface area contributed by atoms with Crippen molar-refractivity contribution < 1.29 is 4.79 Å². The van der Waals surface area contributed by atoms with Crippen LogP contribution in [0.15, 0.2) is 18.2 Å². The molecular weight excluding hydrogens is 262 g/mol. The van der Waals surface area contributed by atoms with Crippen LogP contribution in [0.5, 0.6) is 0 Å². The van der Waals surface area contributed by atoms with Gasteiger partial charge >= 0.3 is 0 Å². The van der Waals surface area contributed by atoms with Crippen molar-refractivity contribution in [3.63, 3.8) is 0 Å². The van der Waals surface area contributed by atoms with Crippen molar-refractivity contribution in [1.82, 2.24) is 10.2 Å². The molecule has 0 radical (unpaired) electrons. The zero-order chi connectivity index (χ0) is 15.2. The number of hydrogen-bond donors (Lipinski definition) is 1. The minimum absolute atomic E-state index is 0.209. The Balaban J connectivity index is 2.07. The molecule has 0 aromatic heterocycles. The average molecular weight is 289 g/mol. The summed E-state index contributed by atoms with van der Waals surface area (Å²) in [5.41, 5.74) is 3.75. The van der Waals surface area contributed by atoms with Crippen LogP contribution in [0.3, 0.4) is 0 Å². The van der Waals surface area contributed by atoms with Crippen molar-refractivity contribution >= 4 is 11.6 Å².